The highest BCUT2D eigenvalue weighted by atomic mass is 16.7. The molecule has 0 radical (unpaired) electrons. The number of hydrogen-bond donors (Lipinski definition) is 6. The van der Waals surface area contributed by atoms with Gasteiger partial charge in [0.1, 0.15) is 24.4 Å². The van der Waals surface area contributed by atoms with Crippen molar-refractivity contribution >= 4 is 11.9 Å². The average molecular weight is 1090 g/mol. The number of nitrogens with one attached hydrogen (secondary N) is 1. The maximum Gasteiger partial charge on any atom is 0.306 e. The molecule has 1 heterocycles. The zero-order valence-corrected chi connectivity index (χ0v) is 50.6. The molecule has 0 bridgehead atoms. The fraction of sp³-hybridized carbons (Fsp3) is 0.939. The summed E-state index contributed by atoms with van der Waals surface area (Å²) in [6.07, 6.45) is 52.7. The molecule has 1 aliphatic rings. The maximum atomic E-state index is 13.4. The Labute approximate surface area is 474 Å². The van der Waals surface area contributed by atoms with Crippen LogP contribution in [0, 0.1) is 0 Å². The molecule has 77 heavy (non-hydrogen) atoms. The van der Waals surface area contributed by atoms with Crippen LogP contribution < -0.4 is 5.32 Å². The van der Waals surface area contributed by atoms with Crippen molar-refractivity contribution in [2.45, 2.75) is 384 Å². The van der Waals surface area contributed by atoms with Crippen LogP contribution in [-0.2, 0) is 23.8 Å². The highest BCUT2D eigenvalue weighted by molar-refractivity contribution is 5.80. The van der Waals surface area contributed by atoms with Gasteiger partial charge >= 0.3 is 5.97 Å². The normalized spacial score (nSPS) is 19.0. The summed E-state index contributed by atoms with van der Waals surface area (Å²) < 4.78 is 17.6. The van der Waals surface area contributed by atoms with Gasteiger partial charge in [0.05, 0.1) is 25.4 Å². The quantitative estimate of drug-likeness (QED) is 0.0195. The van der Waals surface area contributed by atoms with Crippen LogP contribution in [0.25, 0.3) is 0 Å². The number of carbonyl (C=O) groups excluding carboxylic acids is 2. The Bertz CT molecular complexity index is 1300. The lowest BCUT2D eigenvalue weighted by Gasteiger charge is -2.41. The molecule has 0 aliphatic carbocycles. The van der Waals surface area contributed by atoms with E-state index in [9.17, 15) is 35.1 Å². The van der Waals surface area contributed by atoms with E-state index in [-0.39, 0.29) is 13.0 Å². The first-order chi connectivity index (χ1) is 37.7. The first-order valence-electron chi connectivity index (χ1n) is 33.5. The Balaban J connectivity index is 2.55. The van der Waals surface area contributed by atoms with Crippen molar-refractivity contribution in [3.8, 4) is 0 Å². The summed E-state index contributed by atoms with van der Waals surface area (Å²) in [4.78, 5) is 26.5. The summed E-state index contributed by atoms with van der Waals surface area (Å²) in [5, 5.41) is 57.0. The zero-order valence-electron chi connectivity index (χ0n) is 50.6. The maximum absolute atomic E-state index is 13.4. The molecule has 8 atom stereocenters. The number of aliphatic hydroxyl groups is 5. The Morgan fingerprint density at radius 2 is 0.844 bits per heavy atom. The minimum Gasteiger partial charge on any atom is -0.454 e. The van der Waals surface area contributed by atoms with Crippen molar-refractivity contribution in [2.75, 3.05) is 13.2 Å². The average Bonchev–Trinajstić information content (AvgIpc) is 3.43. The van der Waals surface area contributed by atoms with Gasteiger partial charge in [0.25, 0.3) is 0 Å². The Morgan fingerprint density at radius 1 is 0.494 bits per heavy atom. The van der Waals surface area contributed by atoms with E-state index < -0.39 is 67.4 Å². The van der Waals surface area contributed by atoms with Gasteiger partial charge < -0.3 is 45.1 Å². The van der Waals surface area contributed by atoms with E-state index in [0.29, 0.717) is 19.3 Å². The lowest BCUT2D eigenvalue weighted by Crippen LogP contribution is -2.61. The van der Waals surface area contributed by atoms with Gasteiger partial charge in [-0.2, -0.15) is 0 Å². The predicted molar refractivity (Wildman–Crippen MR) is 320 cm³/mol. The summed E-state index contributed by atoms with van der Waals surface area (Å²) in [5.74, 6) is -1.18. The first-order valence-corrected chi connectivity index (χ1v) is 33.5. The molecule has 0 aromatic carbocycles. The van der Waals surface area contributed by atoms with Gasteiger partial charge in [-0.1, -0.05) is 315 Å². The third-order valence-corrected chi connectivity index (χ3v) is 16.2. The van der Waals surface area contributed by atoms with Crippen molar-refractivity contribution in [3.63, 3.8) is 0 Å². The fourth-order valence-electron chi connectivity index (χ4n) is 10.9. The lowest BCUT2D eigenvalue weighted by molar-refractivity contribution is -0.305. The summed E-state index contributed by atoms with van der Waals surface area (Å²) in [6.45, 7) is 5.82. The standard InChI is InChI=1S/C66H127NO10/c1-4-7-10-13-16-19-22-24-25-26-27-28-29-30-31-32-33-34-36-38-41-44-47-50-53-59(70)65(74)67-57(58(69)52-49-46-43-40-37-21-18-15-12-9-6-3)56-75-66-64(63(73)62(72)60(55-68)76-66)77-61(71)54-51-48-45-42-39-35-23-20-17-14-11-8-5-2/h49,52,57-60,62-64,66,68-70,72-73H,4-48,50-51,53-56H2,1-3H3,(H,67,74)/b52-49+. The molecule has 0 spiro atoms. The summed E-state index contributed by atoms with van der Waals surface area (Å²) in [6, 6.07) is -1.02. The number of amides is 1. The molecule has 0 aromatic heterocycles. The van der Waals surface area contributed by atoms with Crippen molar-refractivity contribution < 1.29 is 49.3 Å². The van der Waals surface area contributed by atoms with Crippen LogP contribution in [0.3, 0.4) is 0 Å². The van der Waals surface area contributed by atoms with Gasteiger partial charge in [-0.3, -0.25) is 9.59 Å². The molecule has 6 N–H and O–H groups in total. The van der Waals surface area contributed by atoms with Gasteiger partial charge in [-0.15, -0.1) is 0 Å². The molecule has 0 saturated carbocycles. The Kier molecular flexibility index (Phi) is 52.4. The van der Waals surface area contributed by atoms with Crippen LogP contribution in [0.15, 0.2) is 12.2 Å². The Hall–Kier alpha value is -1.60. The number of allylic oxidation sites excluding steroid dienone is 1. The third-order valence-electron chi connectivity index (χ3n) is 16.2. The monoisotopic (exact) mass is 1090 g/mol. The van der Waals surface area contributed by atoms with Crippen LogP contribution in [0.2, 0.25) is 0 Å². The van der Waals surface area contributed by atoms with Crippen LogP contribution in [0.1, 0.15) is 335 Å². The molecule has 1 amide bonds. The van der Waals surface area contributed by atoms with Gasteiger partial charge in [0, 0.05) is 6.42 Å². The van der Waals surface area contributed by atoms with E-state index in [4.69, 9.17) is 14.2 Å². The van der Waals surface area contributed by atoms with Crippen molar-refractivity contribution in [2.24, 2.45) is 0 Å². The number of hydrogen-bond acceptors (Lipinski definition) is 10. The predicted octanol–water partition coefficient (Wildman–Crippen LogP) is 16.3. The molecule has 11 nitrogen and oxygen atoms in total. The van der Waals surface area contributed by atoms with Crippen LogP contribution in [-0.4, -0.2) is 99.6 Å². The van der Waals surface area contributed by atoms with Crippen molar-refractivity contribution in [3.05, 3.63) is 12.2 Å². The van der Waals surface area contributed by atoms with Crippen molar-refractivity contribution in [1.82, 2.24) is 5.32 Å². The highest BCUT2D eigenvalue weighted by Gasteiger charge is 2.47. The third kappa shape index (κ3) is 42.9. The van der Waals surface area contributed by atoms with E-state index in [1.54, 1.807) is 6.08 Å². The van der Waals surface area contributed by atoms with Crippen LogP contribution in [0.5, 0.6) is 0 Å². The van der Waals surface area contributed by atoms with E-state index in [1.807, 2.05) is 6.08 Å². The number of carbonyl (C=O) groups is 2. The first kappa shape index (κ1) is 73.4. The summed E-state index contributed by atoms with van der Waals surface area (Å²) >= 11 is 0. The number of rotatable bonds is 58. The molecular weight excluding hydrogens is 967 g/mol. The number of ether oxygens (including phenoxy) is 3. The molecule has 456 valence electrons. The summed E-state index contributed by atoms with van der Waals surface area (Å²) in [5.41, 5.74) is 0. The second-order valence-corrected chi connectivity index (χ2v) is 23.6. The molecule has 1 saturated heterocycles. The largest absolute Gasteiger partial charge is 0.454 e. The van der Waals surface area contributed by atoms with Gasteiger partial charge in [0.15, 0.2) is 12.4 Å². The molecular formula is C66H127NO10. The molecule has 1 fully saturated rings. The topological polar surface area (TPSA) is 175 Å². The second kappa shape index (κ2) is 55.0. The van der Waals surface area contributed by atoms with Gasteiger partial charge in [-0.05, 0) is 25.7 Å². The minimum atomic E-state index is -1.61. The SMILES string of the molecule is CCCCCCCCCCC/C=C/C(O)C(COC1OC(CO)C(O)C(O)C1OC(=O)CCCCCCCCCCCCCCC)NC(=O)C(O)CCCCCCCCCCCCCCCCCCCCCCCCCC. The summed E-state index contributed by atoms with van der Waals surface area (Å²) in [7, 11) is 0. The zero-order chi connectivity index (χ0) is 56.1. The van der Waals surface area contributed by atoms with Gasteiger partial charge in [0.2, 0.25) is 5.91 Å². The van der Waals surface area contributed by atoms with Crippen LogP contribution >= 0.6 is 0 Å². The molecule has 11 heteroatoms. The van der Waals surface area contributed by atoms with Crippen molar-refractivity contribution in [1.29, 1.82) is 0 Å². The molecule has 8 unspecified atom stereocenters. The fourth-order valence-corrected chi connectivity index (χ4v) is 10.9. The smallest absolute Gasteiger partial charge is 0.306 e. The number of aliphatic hydroxyl groups excluding tert-OH is 5. The number of unbranched alkanes of at least 4 members (excludes halogenated alkanes) is 44. The van der Waals surface area contributed by atoms with Gasteiger partial charge in [-0.25, -0.2) is 0 Å². The van der Waals surface area contributed by atoms with E-state index >= 15 is 0 Å². The van der Waals surface area contributed by atoms with E-state index in [1.165, 1.54) is 231 Å². The lowest BCUT2D eigenvalue weighted by atomic mass is 9.99. The molecule has 1 aliphatic heterocycles. The highest BCUT2D eigenvalue weighted by Crippen LogP contribution is 2.26. The Morgan fingerprint density at radius 3 is 1.22 bits per heavy atom. The minimum absolute atomic E-state index is 0.131. The molecule has 1 rings (SSSR count). The van der Waals surface area contributed by atoms with Crippen LogP contribution in [0.4, 0.5) is 0 Å². The van der Waals surface area contributed by atoms with E-state index in [2.05, 4.69) is 26.1 Å². The number of esters is 1. The van der Waals surface area contributed by atoms with E-state index in [0.717, 1.165) is 57.8 Å². The molecule has 0 aromatic rings. The second-order valence-electron chi connectivity index (χ2n) is 23.6.